The van der Waals surface area contributed by atoms with Gasteiger partial charge in [0, 0.05) is 6.54 Å². The Morgan fingerprint density at radius 3 is 2.61 bits per heavy atom. The zero-order chi connectivity index (χ0) is 13.9. The highest BCUT2D eigenvalue weighted by Gasteiger charge is 2.27. The number of alkyl halides is 3. The van der Waals surface area contributed by atoms with E-state index in [-0.39, 0.29) is 16.1 Å². The number of aromatic nitrogens is 2. The number of anilines is 1. The molecule has 0 aliphatic carbocycles. The molecule has 4 nitrogen and oxygen atoms in total. The van der Waals surface area contributed by atoms with Gasteiger partial charge in [0.1, 0.15) is 11.0 Å². The summed E-state index contributed by atoms with van der Waals surface area (Å²) in [5.74, 6) is 0.219. The van der Waals surface area contributed by atoms with E-state index in [2.05, 4.69) is 26.3 Å². The second-order valence-electron chi connectivity index (χ2n) is 4.22. The average molecular weight is 328 g/mol. The molecule has 8 heteroatoms. The van der Waals surface area contributed by atoms with Crippen molar-refractivity contribution in [3.8, 4) is 0 Å². The smallest absolute Gasteiger partial charge is 0.374 e. The lowest BCUT2D eigenvalue weighted by Gasteiger charge is -2.12. The molecule has 0 aromatic carbocycles. The van der Waals surface area contributed by atoms with E-state index in [4.69, 9.17) is 0 Å². The number of hydrogen-bond donors (Lipinski definition) is 1. The maximum absolute atomic E-state index is 12.0. The van der Waals surface area contributed by atoms with Crippen molar-refractivity contribution in [3.63, 3.8) is 0 Å². The minimum atomic E-state index is -4.34. The van der Waals surface area contributed by atoms with Crippen LogP contribution in [0, 0.1) is 5.92 Å². The monoisotopic (exact) mass is 327 g/mol. The van der Waals surface area contributed by atoms with Crippen LogP contribution >= 0.6 is 15.9 Å². The zero-order valence-corrected chi connectivity index (χ0v) is 11.5. The Bertz CT molecular complexity index is 470. The van der Waals surface area contributed by atoms with Crippen LogP contribution in [0.2, 0.25) is 0 Å². The van der Waals surface area contributed by atoms with Crippen molar-refractivity contribution >= 4 is 21.6 Å². The maximum atomic E-state index is 12.0. The van der Waals surface area contributed by atoms with Gasteiger partial charge in [-0.1, -0.05) is 13.8 Å². The molecule has 1 heterocycles. The van der Waals surface area contributed by atoms with Gasteiger partial charge in [0.15, 0.2) is 0 Å². The van der Waals surface area contributed by atoms with Gasteiger partial charge in [0.2, 0.25) is 0 Å². The van der Waals surface area contributed by atoms with Crippen LogP contribution in [0.5, 0.6) is 0 Å². The van der Waals surface area contributed by atoms with Crippen molar-refractivity contribution in [3.05, 3.63) is 21.0 Å². The second kappa shape index (κ2) is 5.73. The Labute approximate surface area is 110 Å². The summed E-state index contributed by atoms with van der Waals surface area (Å²) in [6.07, 6.45) is -3.13. The summed E-state index contributed by atoms with van der Waals surface area (Å²) in [6, 6.07) is 0. The van der Waals surface area contributed by atoms with Gasteiger partial charge < -0.3 is 5.32 Å². The largest absolute Gasteiger partial charge is 0.405 e. The first kappa shape index (κ1) is 15.0. The Morgan fingerprint density at radius 1 is 1.50 bits per heavy atom. The molecule has 0 radical (unpaired) electrons. The highest BCUT2D eigenvalue weighted by atomic mass is 79.9. The standard InChI is InChI=1S/C10H13BrF3N3O/c1-6(2)4-17-9(18)8(11)7(3-16-17)15-5-10(12,13)14/h3,6,15H,4-5H2,1-2H3. The molecule has 0 aliphatic rings. The molecule has 0 saturated heterocycles. The summed E-state index contributed by atoms with van der Waals surface area (Å²) >= 11 is 2.99. The van der Waals surface area contributed by atoms with E-state index < -0.39 is 18.3 Å². The molecule has 102 valence electrons. The molecule has 18 heavy (non-hydrogen) atoms. The fourth-order valence-electron chi connectivity index (χ4n) is 1.26. The molecule has 0 bridgehead atoms. The lowest BCUT2D eigenvalue weighted by Crippen LogP contribution is -2.28. The number of hydrogen-bond acceptors (Lipinski definition) is 3. The third-order valence-electron chi connectivity index (χ3n) is 2.00. The van der Waals surface area contributed by atoms with Crippen LogP contribution in [-0.2, 0) is 6.54 Å². The van der Waals surface area contributed by atoms with E-state index >= 15 is 0 Å². The van der Waals surface area contributed by atoms with Crippen molar-refractivity contribution in [2.24, 2.45) is 5.92 Å². The van der Waals surface area contributed by atoms with Gasteiger partial charge in [0.05, 0.1) is 11.9 Å². The normalized spacial score (nSPS) is 11.9. The van der Waals surface area contributed by atoms with E-state index in [1.807, 2.05) is 13.8 Å². The van der Waals surface area contributed by atoms with E-state index in [0.29, 0.717) is 6.54 Å². The lowest BCUT2D eigenvalue weighted by molar-refractivity contribution is -0.115. The third kappa shape index (κ3) is 4.32. The van der Waals surface area contributed by atoms with E-state index in [1.165, 1.54) is 10.9 Å². The quantitative estimate of drug-likeness (QED) is 0.924. The molecule has 1 rings (SSSR count). The van der Waals surface area contributed by atoms with Crippen molar-refractivity contribution in [2.45, 2.75) is 26.6 Å². The van der Waals surface area contributed by atoms with E-state index in [1.54, 1.807) is 0 Å². The fourth-order valence-corrected chi connectivity index (χ4v) is 1.71. The van der Waals surface area contributed by atoms with Gasteiger partial charge in [-0.25, -0.2) is 4.68 Å². The summed E-state index contributed by atoms with van der Waals surface area (Å²) < 4.78 is 37.4. The van der Waals surface area contributed by atoms with Gasteiger partial charge in [-0.15, -0.1) is 0 Å². The van der Waals surface area contributed by atoms with Gasteiger partial charge in [-0.3, -0.25) is 4.79 Å². The number of rotatable bonds is 4. The minimum Gasteiger partial charge on any atom is -0.374 e. The van der Waals surface area contributed by atoms with Crippen LogP contribution in [0.25, 0.3) is 0 Å². The molecule has 1 aromatic heterocycles. The second-order valence-corrected chi connectivity index (χ2v) is 5.02. The summed E-state index contributed by atoms with van der Waals surface area (Å²) in [7, 11) is 0. The predicted molar refractivity (Wildman–Crippen MR) is 65.6 cm³/mol. The summed E-state index contributed by atoms with van der Waals surface area (Å²) in [6.45, 7) is 3.04. The summed E-state index contributed by atoms with van der Waals surface area (Å²) in [5, 5.41) is 5.95. The molecular formula is C10H13BrF3N3O. The zero-order valence-electron chi connectivity index (χ0n) is 9.88. The Morgan fingerprint density at radius 2 is 2.11 bits per heavy atom. The highest BCUT2D eigenvalue weighted by Crippen LogP contribution is 2.20. The predicted octanol–water partition coefficient (Wildman–Crippen LogP) is 2.64. The first-order valence-electron chi connectivity index (χ1n) is 5.27. The van der Waals surface area contributed by atoms with Crippen molar-refractivity contribution < 1.29 is 13.2 Å². The van der Waals surface area contributed by atoms with Gasteiger partial charge in [0.25, 0.3) is 5.56 Å². The molecule has 0 atom stereocenters. The number of halogens is 4. The van der Waals surface area contributed by atoms with Crippen LogP contribution in [0.15, 0.2) is 15.5 Å². The summed E-state index contributed by atoms with van der Waals surface area (Å²) in [5.41, 5.74) is -0.409. The SMILES string of the molecule is CC(C)Cn1ncc(NCC(F)(F)F)c(Br)c1=O. The molecule has 0 saturated carbocycles. The molecule has 0 unspecified atom stereocenters. The average Bonchev–Trinajstić information content (AvgIpc) is 2.22. The first-order chi connectivity index (χ1) is 8.20. The maximum Gasteiger partial charge on any atom is 0.405 e. The van der Waals surface area contributed by atoms with Crippen LogP contribution in [-0.4, -0.2) is 22.5 Å². The fraction of sp³-hybridized carbons (Fsp3) is 0.600. The van der Waals surface area contributed by atoms with Gasteiger partial charge >= 0.3 is 6.18 Å². The molecular weight excluding hydrogens is 315 g/mol. The van der Waals surface area contributed by atoms with Gasteiger partial charge in [-0.2, -0.15) is 18.3 Å². The first-order valence-corrected chi connectivity index (χ1v) is 6.06. The highest BCUT2D eigenvalue weighted by molar-refractivity contribution is 9.10. The molecule has 0 fully saturated rings. The van der Waals surface area contributed by atoms with E-state index in [0.717, 1.165) is 0 Å². The van der Waals surface area contributed by atoms with Gasteiger partial charge in [-0.05, 0) is 21.8 Å². The van der Waals surface area contributed by atoms with Crippen molar-refractivity contribution in [1.82, 2.24) is 9.78 Å². The Kier molecular flexibility index (Phi) is 4.78. The number of nitrogens with zero attached hydrogens (tertiary/aromatic N) is 2. The van der Waals surface area contributed by atoms with Crippen molar-refractivity contribution in [1.29, 1.82) is 0 Å². The summed E-state index contributed by atoms with van der Waals surface area (Å²) in [4.78, 5) is 11.8. The molecule has 0 spiro atoms. The minimum absolute atomic E-state index is 0.0392. The van der Waals surface area contributed by atoms with Crippen LogP contribution in [0.4, 0.5) is 18.9 Å². The number of nitrogens with one attached hydrogen (secondary N) is 1. The van der Waals surface area contributed by atoms with Crippen LogP contribution < -0.4 is 10.9 Å². The Balaban J connectivity index is 2.91. The molecule has 0 aliphatic heterocycles. The lowest BCUT2D eigenvalue weighted by atomic mass is 10.2. The van der Waals surface area contributed by atoms with Crippen LogP contribution in [0.3, 0.4) is 0 Å². The molecule has 0 amide bonds. The Hall–Kier alpha value is -1.05. The molecule has 1 N–H and O–H groups in total. The third-order valence-corrected chi connectivity index (χ3v) is 2.77. The van der Waals surface area contributed by atoms with Crippen LogP contribution in [0.1, 0.15) is 13.8 Å². The topological polar surface area (TPSA) is 46.9 Å². The molecule has 1 aromatic rings. The van der Waals surface area contributed by atoms with Crippen molar-refractivity contribution in [2.75, 3.05) is 11.9 Å². The van der Waals surface area contributed by atoms with E-state index in [9.17, 15) is 18.0 Å².